The number of nitrogens with one attached hydrogen (secondary N) is 1. The molecule has 0 radical (unpaired) electrons. The van der Waals surface area contributed by atoms with Gasteiger partial charge in [-0.1, -0.05) is 43.7 Å². The Kier molecular flexibility index (Phi) is 10.5. The minimum atomic E-state index is -1.56. The van der Waals surface area contributed by atoms with E-state index in [9.17, 15) is 19.8 Å². The predicted octanol–water partition coefficient (Wildman–Crippen LogP) is 4.26. The normalized spacial score (nSPS) is 34.7. The third-order valence-electron chi connectivity index (χ3n) is 12.6. The molecule has 2 aliphatic carbocycles. The Morgan fingerprint density at radius 2 is 1.79 bits per heavy atom. The van der Waals surface area contributed by atoms with Crippen molar-refractivity contribution < 1.29 is 38.9 Å². The van der Waals surface area contributed by atoms with Crippen LogP contribution in [0.5, 0.6) is 5.75 Å². The van der Waals surface area contributed by atoms with Gasteiger partial charge in [0.1, 0.15) is 23.0 Å². The van der Waals surface area contributed by atoms with Crippen LogP contribution < -0.4 is 20.0 Å². The molecule has 2 aromatic carbocycles. The Labute approximate surface area is 316 Å². The third kappa shape index (κ3) is 6.80. The van der Waals surface area contributed by atoms with Crippen LogP contribution in [0.4, 0.5) is 11.4 Å². The lowest BCUT2D eigenvalue weighted by Crippen LogP contribution is -2.66. The van der Waals surface area contributed by atoms with Crippen molar-refractivity contribution >= 4 is 34.9 Å². The first-order valence-electron chi connectivity index (χ1n) is 18.8. The Morgan fingerprint density at radius 1 is 1.08 bits per heavy atom. The summed E-state index contributed by atoms with van der Waals surface area (Å²) in [6, 6.07) is 12.5. The number of piperazine rings is 1. The van der Waals surface area contributed by atoms with Gasteiger partial charge in [-0.15, -0.1) is 0 Å². The zero-order valence-corrected chi connectivity index (χ0v) is 32.2. The number of esters is 2. The predicted molar refractivity (Wildman–Crippen MR) is 200 cm³/mol. The highest BCUT2D eigenvalue weighted by Gasteiger charge is 2.62. The molecule has 5 aliphatic rings. The van der Waals surface area contributed by atoms with Crippen LogP contribution in [-0.4, -0.2) is 104 Å². The molecule has 1 saturated carbocycles. The summed E-state index contributed by atoms with van der Waals surface area (Å²) in [6.45, 7) is 12.0. The number of anilines is 2. The van der Waals surface area contributed by atoms with Gasteiger partial charge in [0.25, 0.3) is 0 Å². The van der Waals surface area contributed by atoms with Crippen LogP contribution in [0.3, 0.4) is 0 Å². The molecule has 3 fully saturated rings. The number of methoxy groups -OCH3 is 1. The van der Waals surface area contributed by atoms with Crippen molar-refractivity contribution in [3.63, 3.8) is 0 Å². The second-order valence-electron chi connectivity index (χ2n) is 15.8. The van der Waals surface area contributed by atoms with E-state index >= 15 is 0 Å². The Bertz CT molecular complexity index is 1720. The summed E-state index contributed by atoms with van der Waals surface area (Å²) in [6.07, 6.45) is 0.593. The highest BCUT2D eigenvalue weighted by Crippen LogP contribution is 2.53. The number of hydrogen-bond donors (Lipinski definition) is 3. The molecule has 53 heavy (non-hydrogen) atoms. The molecule has 12 nitrogen and oxygen atoms in total. The lowest BCUT2D eigenvalue weighted by Gasteiger charge is -2.56. The number of para-hydroxylation sites is 1. The zero-order valence-electron chi connectivity index (χ0n) is 31.5. The van der Waals surface area contributed by atoms with Crippen molar-refractivity contribution in [1.29, 1.82) is 0 Å². The number of rotatable bonds is 8. The largest absolute Gasteiger partial charge is 0.497 e. The van der Waals surface area contributed by atoms with Crippen LogP contribution in [0.1, 0.15) is 52.5 Å². The van der Waals surface area contributed by atoms with Crippen molar-refractivity contribution in [2.75, 3.05) is 56.8 Å². The van der Waals surface area contributed by atoms with E-state index in [2.05, 4.69) is 40.2 Å². The van der Waals surface area contributed by atoms with Crippen molar-refractivity contribution in [3.8, 4) is 5.75 Å². The quantitative estimate of drug-likeness (QED) is 0.263. The van der Waals surface area contributed by atoms with Crippen molar-refractivity contribution in [2.24, 2.45) is 23.7 Å². The number of fused-ring (bicyclic) bond motifs is 4. The van der Waals surface area contributed by atoms with Gasteiger partial charge in [0, 0.05) is 70.3 Å². The molecule has 288 valence electrons. The summed E-state index contributed by atoms with van der Waals surface area (Å²) in [7, 11) is 3.37. The van der Waals surface area contributed by atoms with Crippen molar-refractivity contribution in [1.82, 2.24) is 10.2 Å². The minimum Gasteiger partial charge on any atom is -0.497 e. The molecule has 3 aliphatic heterocycles. The van der Waals surface area contributed by atoms with Gasteiger partial charge in [-0.05, 0) is 73.4 Å². The first kappa shape index (κ1) is 37.9. The average molecular weight is 753 g/mol. The summed E-state index contributed by atoms with van der Waals surface area (Å²) in [5.41, 5.74) is -0.0681. The van der Waals surface area contributed by atoms with Crippen molar-refractivity contribution in [3.05, 3.63) is 64.7 Å². The molecular formula is C40H53ClN4O8. The van der Waals surface area contributed by atoms with E-state index in [4.69, 9.17) is 30.6 Å². The van der Waals surface area contributed by atoms with E-state index < -0.39 is 47.6 Å². The van der Waals surface area contributed by atoms with Gasteiger partial charge in [-0.3, -0.25) is 29.7 Å². The van der Waals surface area contributed by atoms with Crippen LogP contribution >= 0.6 is 11.6 Å². The molecule has 13 heteroatoms. The number of carbonyl (C=O) groups excluding carboxylic acids is 2. The maximum absolute atomic E-state index is 14.2. The van der Waals surface area contributed by atoms with Crippen molar-refractivity contribution in [2.45, 2.75) is 82.6 Å². The van der Waals surface area contributed by atoms with E-state index in [1.165, 1.54) is 17.7 Å². The number of halogens is 1. The van der Waals surface area contributed by atoms with E-state index in [0.717, 1.165) is 56.9 Å². The number of nitrogens with zero attached hydrogens (tertiary/aromatic N) is 3. The number of hydrogen-bond acceptors (Lipinski definition) is 12. The van der Waals surface area contributed by atoms with Gasteiger partial charge < -0.3 is 29.3 Å². The molecule has 0 bridgehead atoms. The fraction of sp³-hybridized carbons (Fsp3) is 0.600. The molecule has 3 N–H and O–H groups in total. The van der Waals surface area contributed by atoms with Gasteiger partial charge in [0.15, 0.2) is 18.4 Å². The van der Waals surface area contributed by atoms with Crippen LogP contribution in [-0.2, 0) is 29.5 Å². The second-order valence-corrected chi connectivity index (χ2v) is 16.2. The first-order valence-corrected chi connectivity index (χ1v) is 19.2. The van der Waals surface area contributed by atoms with Gasteiger partial charge in [-0.25, -0.2) is 0 Å². The van der Waals surface area contributed by atoms with E-state index in [-0.39, 0.29) is 30.1 Å². The van der Waals surface area contributed by atoms with Gasteiger partial charge in [0.05, 0.1) is 17.8 Å². The molecule has 10 atom stereocenters. The molecule has 1 unspecified atom stereocenters. The number of ether oxygens (including phenoxy) is 3. The maximum Gasteiger partial charge on any atom is 0.323 e. The number of hydroxylamine groups is 1. The standard InChI is InChI=1S/C40H53ClN4O8/c1-23-20-31-29(24(2)22-44-16-18-45(19-17-44)27-11-13-28(50-6)14-12-27)15-10-25(3)40(31,49)36(35(23)51-26(4)46)52-37(47)33-21-39(48)30-8-7-9-32(41)34(30)43(5)53-38(39)42-33/h7-9,11-14,20,24-25,29,31,33,35-36,38,42,48-49H,10,15-19,21-22H2,1-6H3/t24?,25-,29+,31-,33+,35-,36+,38-,39-,40-/m1/s1. The van der Waals surface area contributed by atoms with Crippen LogP contribution in [0, 0.1) is 23.7 Å². The molecule has 2 saturated heterocycles. The first-order chi connectivity index (χ1) is 25.2. The molecule has 2 aromatic rings. The van der Waals surface area contributed by atoms with Crippen LogP contribution in [0.25, 0.3) is 0 Å². The highest BCUT2D eigenvalue weighted by atomic mass is 35.5. The highest BCUT2D eigenvalue weighted by molar-refractivity contribution is 6.33. The zero-order chi connectivity index (χ0) is 37.8. The topological polar surface area (TPSA) is 133 Å². The Morgan fingerprint density at radius 3 is 2.47 bits per heavy atom. The summed E-state index contributed by atoms with van der Waals surface area (Å²) < 4.78 is 17.5. The average Bonchev–Trinajstić information content (AvgIpc) is 3.48. The van der Waals surface area contributed by atoms with E-state index in [0.29, 0.717) is 16.3 Å². The van der Waals surface area contributed by atoms with Gasteiger partial charge in [0.2, 0.25) is 0 Å². The minimum absolute atomic E-state index is 0.0414. The number of carbonyl (C=O) groups is 2. The fourth-order valence-corrected chi connectivity index (χ4v) is 9.98. The molecule has 0 amide bonds. The molecule has 0 spiro atoms. The SMILES string of the molecule is COc1ccc(N2CCN(CC(C)[C@@H]3CC[C@@H](C)[C@@]4(O)[C@@H]3C=C(C)[C@@H](OC(C)=O)[C@@H]4OC(=O)[C@@H]3C[C@@]4(O)c5cccc(Cl)c5N(C)O[C@H]4N3)CC2)cc1. The summed E-state index contributed by atoms with van der Waals surface area (Å²) in [5, 5.41) is 29.9. The second kappa shape index (κ2) is 14.7. The molecular weight excluding hydrogens is 700 g/mol. The molecule has 7 rings (SSSR count). The fourth-order valence-electron chi connectivity index (χ4n) is 9.68. The summed E-state index contributed by atoms with van der Waals surface area (Å²) in [5.74, 6) is -0.604. The van der Waals surface area contributed by atoms with Gasteiger partial charge >= 0.3 is 11.9 Å². The van der Waals surface area contributed by atoms with Crippen LogP contribution in [0.15, 0.2) is 54.1 Å². The lowest BCUT2D eigenvalue weighted by molar-refractivity contribution is -0.225. The lowest BCUT2D eigenvalue weighted by atomic mass is 9.55. The summed E-state index contributed by atoms with van der Waals surface area (Å²) in [4.78, 5) is 37.5. The van der Waals surface area contributed by atoms with Crippen LogP contribution in [0.2, 0.25) is 5.02 Å². The Balaban J connectivity index is 1.09. The maximum atomic E-state index is 14.2. The van der Waals surface area contributed by atoms with E-state index in [1.54, 1.807) is 32.4 Å². The van der Waals surface area contributed by atoms with Gasteiger partial charge in [-0.2, -0.15) is 0 Å². The smallest absolute Gasteiger partial charge is 0.323 e. The monoisotopic (exact) mass is 752 g/mol. The number of aliphatic hydroxyl groups is 2. The summed E-state index contributed by atoms with van der Waals surface area (Å²) >= 11 is 6.48. The Hall–Kier alpha value is -3.39. The number of benzene rings is 2. The van der Waals surface area contributed by atoms with E-state index in [1.807, 2.05) is 26.0 Å². The third-order valence-corrected chi connectivity index (χ3v) is 12.9. The molecule has 0 aromatic heterocycles. The molecule has 3 heterocycles.